The fourth-order valence-corrected chi connectivity index (χ4v) is 2.87. The van der Waals surface area contributed by atoms with Gasteiger partial charge in [-0.05, 0) is 46.1 Å². The highest BCUT2D eigenvalue weighted by atomic mass is 79.9. The zero-order chi connectivity index (χ0) is 17.2. The third kappa shape index (κ3) is 7.24. The van der Waals surface area contributed by atoms with E-state index in [0.29, 0.717) is 19.8 Å². The van der Waals surface area contributed by atoms with Gasteiger partial charge in [-0.2, -0.15) is 0 Å². The maximum atomic E-state index is 5.99. The van der Waals surface area contributed by atoms with E-state index in [0.717, 1.165) is 40.2 Å². The summed E-state index contributed by atoms with van der Waals surface area (Å²) in [6.45, 7) is 5.32. The predicted octanol–water partition coefficient (Wildman–Crippen LogP) is 4.58. The van der Waals surface area contributed by atoms with Crippen LogP contribution in [0.25, 0.3) is 0 Å². The van der Waals surface area contributed by atoms with E-state index in [9.17, 15) is 0 Å². The van der Waals surface area contributed by atoms with E-state index in [-0.39, 0.29) is 12.4 Å². The molecule has 0 spiro atoms. The van der Waals surface area contributed by atoms with Crippen molar-refractivity contribution >= 4 is 28.3 Å². The van der Waals surface area contributed by atoms with Crippen molar-refractivity contribution < 1.29 is 14.2 Å². The molecule has 0 aromatic heterocycles. The fraction of sp³-hybridized carbons (Fsp3) is 0.368. The highest BCUT2D eigenvalue weighted by molar-refractivity contribution is 9.10. The van der Waals surface area contributed by atoms with Crippen LogP contribution in [0.1, 0.15) is 18.1 Å². The largest absolute Gasteiger partial charge is 0.490 e. The molecule has 2 aromatic carbocycles. The fourth-order valence-electron chi connectivity index (χ4n) is 2.26. The lowest BCUT2D eigenvalue weighted by molar-refractivity contribution is 0.199. The van der Waals surface area contributed by atoms with Gasteiger partial charge in [0, 0.05) is 20.2 Å². The Bertz CT molecular complexity index is 626. The molecule has 0 fully saturated rings. The van der Waals surface area contributed by atoms with Gasteiger partial charge in [-0.3, -0.25) is 0 Å². The number of nitrogens with one attached hydrogen (secondary N) is 1. The van der Waals surface area contributed by atoms with Gasteiger partial charge >= 0.3 is 0 Å². The first-order chi connectivity index (χ1) is 11.7. The Balaban J connectivity index is 0.00000312. The molecule has 0 heterocycles. The lowest BCUT2D eigenvalue weighted by atomic mass is 10.2. The number of methoxy groups -OCH3 is 1. The van der Waals surface area contributed by atoms with Gasteiger partial charge in [0.1, 0.15) is 6.61 Å². The van der Waals surface area contributed by atoms with E-state index in [1.165, 1.54) is 0 Å². The summed E-state index contributed by atoms with van der Waals surface area (Å²) in [5.74, 6) is 1.49. The molecule has 4 nitrogen and oxygen atoms in total. The molecule has 25 heavy (non-hydrogen) atoms. The molecular formula is C19H25BrClNO3. The second kappa shape index (κ2) is 12.1. The van der Waals surface area contributed by atoms with Gasteiger partial charge in [0.15, 0.2) is 11.5 Å². The molecule has 138 valence electrons. The van der Waals surface area contributed by atoms with Crippen molar-refractivity contribution in [1.82, 2.24) is 5.32 Å². The summed E-state index contributed by atoms with van der Waals surface area (Å²) in [4.78, 5) is 0. The second-order valence-corrected chi connectivity index (χ2v) is 6.14. The van der Waals surface area contributed by atoms with Gasteiger partial charge in [-0.1, -0.05) is 30.3 Å². The monoisotopic (exact) mass is 429 g/mol. The van der Waals surface area contributed by atoms with Crippen molar-refractivity contribution in [2.45, 2.75) is 20.1 Å². The van der Waals surface area contributed by atoms with Gasteiger partial charge in [0.2, 0.25) is 0 Å². The zero-order valence-corrected chi connectivity index (χ0v) is 17.0. The average Bonchev–Trinajstić information content (AvgIpc) is 2.59. The molecule has 0 aliphatic rings. The van der Waals surface area contributed by atoms with Crippen molar-refractivity contribution in [2.24, 2.45) is 0 Å². The minimum absolute atomic E-state index is 0. The molecule has 6 heteroatoms. The first-order valence-corrected chi connectivity index (χ1v) is 8.85. The highest BCUT2D eigenvalue weighted by Gasteiger charge is 2.12. The quantitative estimate of drug-likeness (QED) is 0.560. The lowest BCUT2D eigenvalue weighted by Crippen LogP contribution is -2.18. The van der Waals surface area contributed by atoms with Crippen molar-refractivity contribution in [3.63, 3.8) is 0 Å². The van der Waals surface area contributed by atoms with Crippen LogP contribution >= 0.6 is 28.3 Å². The summed E-state index contributed by atoms with van der Waals surface area (Å²) in [5.41, 5.74) is 2.26. The van der Waals surface area contributed by atoms with Crippen molar-refractivity contribution in [3.05, 3.63) is 58.1 Å². The van der Waals surface area contributed by atoms with Gasteiger partial charge in [0.25, 0.3) is 0 Å². The molecule has 0 aliphatic heterocycles. The Hall–Kier alpha value is -1.27. The van der Waals surface area contributed by atoms with E-state index >= 15 is 0 Å². The van der Waals surface area contributed by atoms with Crippen LogP contribution in [0.3, 0.4) is 0 Å². The molecule has 0 bridgehead atoms. The summed E-state index contributed by atoms with van der Waals surface area (Å²) in [6, 6.07) is 14.2. The van der Waals surface area contributed by atoms with Gasteiger partial charge in [-0.15, -0.1) is 12.4 Å². The van der Waals surface area contributed by atoms with Crippen LogP contribution in [-0.4, -0.2) is 26.9 Å². The van der Waals surface area contributed by atoms with Crippen LogP contribution in [-0.2, 0) is 17.9 Å². The molecule has 2 rings (SSSR count). The average molecular weight is 431 g/mol. The van der Waals surface area contributed by atoms with Gasteiger partial charge in [0.05, 0.1) is 17.7 Å². The van der Waals surface area contributed by atoms with Crippen LogP contribution in [0.15, 0.2) is 46.9 Å². The van der Waals surface area contributed by atoms with Crippen LogP contribution in [0.2, 0.25) is 0 Å². The van der Waals surface area contributed by atoms with Crippen molar-refractivity contribution in [1.29, 1.82) is 0 Å². The minimum Gasteiger partial charge on any atom is -0.490 e. The van der Waals surface area contributed by atoms with Crippen LogP contribution in [0, 0.1) is 0 Å². The van der Waals surface area contributed by atoms with E-state index < -0.39 is 0 Å². The Labute approximate surface area is 164 Å². The summed E-state index contributed by atoms with van der Waals surface area (Å²) in [6.07, 6.45) is 0. The zero-order valence-electron chi connectivity index (χ0n) is 14.6. The number of halogens is 2. The molecule has 0 aliphatic carbocycles. The number of hydrogen-bond acceptors (Lipinski definition) is 4. The standard InChI is InChI=1S/C19H24BrNO3.ClH/c1-3-23-18-12-16(13-21-9-10-22-2)11-17(20)19(18)24-14-15-7-5-4-6-8-15;/h4-8,11-12,21H,3,9-10,13-14H2,1-2H3;1H. The molecule has 2 aromatic rings. The van der Waals surface area contributed by atoms with E-state index in [4.69, 9.17) is 14.2 Å². The van der Waals surface area contributed by atoms with Crippen LogP contribution in [0.4, 0.5) is 0 Å². The SMILES string of the molecule is CCOc1cc(CNCCOC)cc(Br)c1OCc1ccccc1.Cl. The lowest BCUT2D eigenvalue weighted by Gasteiger charge is -2.16. The number of benzene rings is 2. The number of hydrogen-bond donors (Lipinski definition) is 1. The Kier molecular flexibility index (Phi) is 10.6. The van der Waals surface area contributed by atoms with Crippen molar-refractivity contribution in [3.8, 4) is 11.5 Å². The summed E-state index contributed by atoms with van der Waals surface area (Å²) in [5, 5.41) is 3.33. The van der Waals surface area contributed by atoms with Crippen LogP contribution < -0.4 is 14.8 Å². The molecular weight excluding hydrogens is 406 g/mol. The highest BCUT2D eigenvalue weighted by Crippen LogP contribution is 2.37. The first kappa shape index (κ1) is 21.8. The van der Waals surface area contributed by atoms with Crippen molar-refractivity contribution in [2.75, 3.05) is 26.9 Å². The second-order valence-electron chi connectivity index (χ2n) is 5.28. The smallest absolute Gasteiger partial charge is 0.175 e. The molecule has 0 amide bonds. The van der Waals surface area contributed by atoms with Gasteiger partial charge in [-0.25, -0.2) is 0 Å². The first-order valence-electron chi connectivity index (χ1n) is 8.06. The number of rotatable bonds is 10. The minimum atomic E-state index is 0. The third-order valence-corrected chi connectivity index (χ3v) is 4.00. The maximum absolute atomic E-state index is 5.99. The molecule has 0 saturated heterocycles. The molecule has 0 saturated carbocycles. The summed E-state index contributed by atoms with van der Waals surface area (Å²) >= 11 is 3.61. The molecule has 1 N–H and O–H groups in total. The Morgan fingerprint density at radius 2 is 1.80 bits per heavy atom. The third-order valence-electron chi connectivity index (χ3n) is 3.41. The van der Waals surface area contributed by atoms with E-state index in [2.05, 4.69) is 27.3 Å². The van der Waals surface area contributed by atoms with Crippen LogP contribution in [0.5, 0.6) is 11.5 Å². The maximum Gasteiger partial charge on any atom is 0.175 e. The Morgan fingerprint density at radius 1 is 1.04 bits per heavy atom. The summed E-state index contributed by atoms with van der Waals surface area (Å²) < 4.78 is 17.7. The molecule has 0 radical (unpaired) electrons. The topological polar surface area (TPSA) is 39.7 Å². The Morgan fingerprint density at radius 3 is 2.48 bits per heavy atom. The van der Waals surface area contributed by atoms with Gasteiger partial charge < -0.3 is 19.5 Å². The molecule has 0 unspecified atom stereocenters. The van der Waals surface area contributed by atoms with E-state index in [1.807, 2.05) is 43.3 Å². The molecule has 0 atom stereocenters. The predicted molar refractivity (Wildman–Crippen MR) is 107 cm³/mol. The van der Waals surface area contributed by atoms with E-state index in [1.54, 1.807) is 7.11 Å². The number of ether oxygens (including phenoxy) is 3. The summed E-state index contributed by atoms with van der Waals surface area (Å²) in [7, 11) is 1.70. The normalized spacial score (nSPS) is 10.2.